The fourth-order valence-electron chi connectivity index (χ4n) is 2.27. The smallest absolute Gasteiger partial charge is 0.157 e. The zero-order valence-corrected chi connectivity index (χ0v) is 12.4. The molecule has 1 heterocycles. The SMILES string of the molecule is C=C=CC(C=[N+](C)C)(CN(C)C)C1=CC=CC=CN1. The molecule has 102 valence electrons. The number of nitrogens with zero attached hydrogens (tertiary/aromatic N) is 2. The van der Waals surface area contributed by atoms with Crippen molar-refractivity contribution in [1.82, 2.24) is 10.2 Å². The Labute approximate surface area is 116 Å². The lowest BCUT2D eigenvalue weighted by atomic mass is 9.84. The first-order valence-electron chi connectivity index (χ1n) is 6.35. The molecule has 3 nitrogen and oxygen atoms in total. The average molecular weight is 258 g/mol. The van der Waals surface area contributed by atoms with Gasteiger partial charge in [0.1, 0.15) is 19.5 Å². The van der Waals surface area contributed by atoms with Crippen LogP contribution < -0.4 is 5.32 Å². The number of hydrogen-bond acceptors (Lipinski definition) is 2. The van der Waals surface area contributed by atoms with E-state index in [0.29, 0.717) is 0 Å². The van der Waals surface area contributed by atoms with Crippen LogP contribution in [0.5, 0.6) is 0 Å². The van der Waals surface area contributed by atoms with Crippen molar-refractivity contribution < 1.29 is 4.58 Å². The van der Waals surface area contributed by atoms with Crippen LogP contribution in [0.3, 0.4) is 0 Å². The maximum absolute atomic E-state index is 3.75. The molecular weight excluding hydrogens is 234 g/mol. The van der Waals surface area contributed by atoms with Crippen LogP contribution in [0.1, 0.15) is 0 Å². The summed E-state index contributed by atoms with van der Waals surface area (Å²) in [5.41, 5.74) is 3.79. The number of nitrogens with one attached hydrogen (secondary N) is 1. The number of rotatable bonds is 5. The van der Waals surface area contributed by atoms with E-state index in [2.05, 4.69) is 53.5 Å². The van der Waals surface area contributed by atoms with Crippen LogP contribution in [-0.4, -0.2) is 50.4 Å². The Morgan fingerprint density at radius 1 is 1.37 bits per heavy atom. The van der Waals surface area contributed by atoms with E-state index in [-0.39, 0.29) is 5.41 Å². The van der Waals surface area contributed by atoms with Gasteiger partial charge in [-0.3, -0.25) is 0 Å². The normalized spacial score (nSPS) is 16.8. The van der Waals surface area contributed by atoms with E-state index in [1.165, 1.54) is 0 Å². The van der Waals surface area contributed by atoms with Crippen molar-refractivity contribution in [3.8, 4) is 0 Å². The van der Waals surface area contributed by atoms with Crippen LogP contribution in [0.25, 0.3) is 0 Å². The van der Waals surface area contributed by atoms with E-state index in [4.69, 9.17) is 0 Å². The molecule has 1 atom stereocenters. The first-order valence-corrected chi connectivity index (χ1v) is 6.35. The van der Waals surface area contributed by atoms with Gasteiger partial charge in [0.15, 0.2) is 6.21 Å². The summed E-state index contributed by atoms with van der Waals surface area (Å²) < 4.78 is 2.07. The summed E-state index contributed by atoms with van der Waals surface area (Å²) in [7, 11) is 8.20. The second-order valence-electron chi connectivity index (χ2n) is 5.19. The lowest BCUT2D eigenvalue weighted by molar-refractivity contribution is -0.462. The third kappa shape index (κ3) is 4.40. The summed E-state index contributed by atoms with van der Waals surface area (Å²) >= 11 is 0. The summed E-state index contributed by atoms with van der Waals surface area (Å²) in [6, 6.07) is 0. The number of hydrogen-bond donors (Lipinski definition) is 1. The van der Waals surface area contributed by atoms with E-state index in [1.807, 2.05) is 44.6 Å². The molecule has 1 rings (SSSR count). The van der Waals surface area contributed by atoms with Crippen LogP contribution in [0.4, 0.5) is 0 Å². The van der Waals surface area contributed by atoms with Gasteiger partial charge in [-0.1, -0.05) is 18.7 Å². The lowest BCUT2D eigenvalue weighted by Gasteiger charge is -2.29. The van der Waals surface area contributed by atoms with Crippen LogP contribution in [0.2, 0.25) is 0 Å². The Bertz CT molecular complexity index is 470. The molecule has 0 spiro atoms. The highest BCUT2D eigenvalue weighted by Crippen LogP contribution is 2.27. The Balaban J connectivity index is 3.33. The van der Waals surface area contributed by atoms with Gasteiger partial charge in [-0.2, -0.15) is 0 Å². The fourth-order valence-corrected chi connectivity index (χ4v) is 2.27. The molecule has 0 saturated heterocycles. The first kappa shape index (κ1) is 15.2. The molecule has 0 aromatic heterocycles. The molecule has 0 fully saturated rings. The molecule has 1 aliphatic rings. The Morgan fingerprint density at radius 3 is 2.68 bits per heavy atom. The van der Waals surface area contributed by atoms with Crippen LogP contribution in [0, 0.1) is 5.41 Å². The second kappa shape index (κ2) is 6.93. The van der Waals surface area contributed by atoms with Gasteiger partial charge in [0.25, 0.3) is 0 Å². The predicted octanol–water partition coefficient (Wildman–Crippen LogP) is 1.78. The van der Waals surface area contributed by atoms with Crippen LogP contribution in [0.15, 0.2) is 54.6 Å². The molecule has 0 radical (unpaired) electrons. The van der Waals surface area contributed by atoms with Crippen molar-refractivity contribution >= 4 is 6.21 Å². The molecule has 3 heteroatoms. The van der Waals surface area contributed by atoms with Gasteiger partial charge in [-0.25, -0.2) is 4.58 Å². The maximum atomic E-state index is 3.75. The maximum Gasteiger partial charge on any atom is 0.157 e. The van der Waals surface area contributed by atoms with Crippen molar-refractivity contribution in [2.24, 2.45) is 5.41 Å². The van der Waals surface area contributed by atoms with Gasteiger partial charge in [0, 0.05) is 18.4 Å². The molecule has 1 unspecified atom stereocenters. The van der Waals surface area contributed by atoms with Gasteiger partial charge in [-0.15, -0.1) is 5.73 Å². The molecule has 0 aliphatic carbocycles. The van der Waals surface area contributed by atoms with Crippen molar-refractivity contribution in [3.05, 3.63) is 54.6 Å². The molecule has 0 saturated carbocycles. The largest absolute Gasteiger partial charge is 0.364 e. The average Bonchev–Trinajstić information content (AvgIpc) is 2.55. The molecule has 0 amide bonds. The minimum atomic E-state index is -0.270. The molecule has 1 aliphatic heterocycles. The van der Waals surface area contributed by atoms with Crippen LogP contribution >= 0.6 is 0 Å². The van der Waals surface area contributed by atoms with E-state index >= 15 is 0 Å². The fraction of sp³-hybridized carbons (Fsp3) is 0.375. The van der Waals surface area contributed by atoms with E-state index in [0.717, 1.165) is 12.2 Å². The van der Waals surface area contributed by atoms with E-state index in [9.17, 15) is 0 Å². The standard InChI is InChI=1S/C16H24N3/c1-6-11-16(13-18(2)3,14-19(4)5)15-10-8-7-9-12-17-15/h7-13,17H,1,14H2,2-5H3/q+1. The Morgan fingerprint density at radius 2 is 2.11 bits per heavy atom. The Kier molecular flexibility index (Phi) is 5.56. The van der Waals surface area contributed by atoms with E-state index in [1.54, 1.807) is 0 Å². The summed E-state index contributed by atoms with van der Waals surface area (Å²) in [5, 5.41) is 3.35. The van der Waals surface area contributed by atoms with E-state index < -0.39 is 0 Å². The highest BCUT2D eigenvalue weighted by Gasteiger charge is 2.34. The van der Waals surface area contributed by atoms with Gasteiger partial charge >= 0.3 is 0 Å². The summed E-state index contributed by atoms with van der Waals surface area (Å²) in [4.78, 5) is 2.16. The minimum Gasteiger partial charge on any atom is -0.364 e. The summed E-state index contributed by atoms with van der Waals surface area (Å²) in [6.45, 7) is 4.59. The predicted molar refractivity (Wildman–Crippen MR) is 82.4 cm³/mol. The van der Waals surface area contributed by atoms with Crippen molar-refractivity contribution in [2.45, 2.75) is 0 Å². The zero-order valence-electron chi connectivity index (χ0n) is 12.4. The van der Waals surface area contributed by atoms with Crippen LogP contribution in [-0.2, 0) is 0 Å². The van der Waals surface area contributed by atoms with Gasteiger partial charge in [0.2, 0.25) is 0 Å². The minimum absolute atomic E-state index is 0.270. The summed E-state index contributed by atoms with van der Waals surface area (Å²) in [5.74, 6) is 0. The highest BCUT2D eigenvalue weighted by molar-refractivity contribution is 5.70. The first-order chi connectivity index (χ1) is 9.00. The monoisotopic (exact) mass is 258 g/mol. The molecule has 1 N–H and O–H groups in total. The zero-order chi connectivity index (χ0) is 14.3. The van der Waals surface area contributed by atoms with Crippen molar-refractivity contribution in [3.63, 3.8) is 0 Å². The van der Waals surface area contributed by atoms with Gasteiger partial charge in [-0.05, 0) is 32.3 Å². The molecule has 0 aromatic carbocycles. The molecular formula is C16H24N3+. The highest BCUT2D eigenvalue weighted by atomic mass is 15.1. The number of allylic oxidation sites excluding steroid dienone is 4. The van der Waals surface area contributed by atoms with Gasteiger partial charge in [0.05, 0.1) is 0 Å². The topological polar surface area (TPSA) is 18.3 Å². The molecule has 0 aromatic rings. The lowest BCUT2D eigenvalue weighted by Crippen LogP contribution is -2.40. The Hall–Kier alpha value is -1.83. The molecule has 19 heavy (non-hydrogen) atoms. The third-order valence-corrected chi connectivity index (χ3v) is 2.75. The summed E-state index contributed by atoms with van der Waals surface area (Å²) in [6.07, 6.45) is 14.3. The third-order valence-electron chi connectivity index (χ3n) is 2.75. The molecule has 0 bridgehead atoms. The quantitative estimate of drug-likeness (QED) is 0.460. The van der Waals surface area contributed by atoms with Crippen molar-refractivity contribution in [2.75, 3.05) is 34.7 Å². The van der Waals surface area contributed by atoms with Crippen molar-refractivity contribution in [1.29, 1.82) is 0 Å². The van der Waals surface area contributed by atoms with Gasteiger partial charge < -0.3 is 10.2 Å². The second-order valence-corrected chi connectivity index (χ2v) is 5.19.